The maximum atomic E-state index is 13.2. The average molecular weight is 260 g/mol. The molecule has 0 aliphatic rings. The highest BCUT2D eigenvalue weighted by Gasteiger charge is 2.12. The average Bonchev–Trinajstić information content (AvgIpc) is 2.28. The number of hydrogen-bond acceptors (Lipinski definition) is 3. The minimum absolute atomic E-state index is 0.0616. The Labute approximate surface area is 103 Å². The number of benzene rings is 1. The molecule has 0 amide bonds. The molecule has 0 aliphatic carbocycles. The van der Waals surface area contributed by atoms with Gasteiger partial charge < -0.3 is 5.11 Å². The van der Waals surface area contributed by atoms with Crippen LogP contribution in [0.2, 0.25) is 0 Å². The number of carbonyl (C=O) groups is 1. The second-order valence-corrected chi connectivity index (χ2v) is 4.88. The molecule has 2 nitrogen and oxygen atoms in total. The molecule has 1 rings (SSSR count). The van der Waals surface area contributed by atoms with Crippen LogP contribution in [-0.4, -0.2) is 29.0 Å². The summed E-state index contributed by atoms with van der Waals surface area (Å²) in [5.41, 5.74) is -0.0875. The van der Waals surface area contributed by atoms with Gasteiger partial charge in [0, 0.05) is 12.7 Å². The van der Waals surface area contributed by atoms with E-state index in [1.165, 1.54) is 11.8 Å². The Hall–Kier alpha value is -0.940. The van der Waals surface area contributed by atoms with Crippen molar-refractivity contribution < 1.29 is 18.7 Å². The van der Waals surface area contributed by atoms with E-state index in [0.717, 1.165) is 12.1 Å². The number of aliphatic hydroxyl groups is 1. The smallest absolute Gasteiger partial charge is 0.175 e. The fourth-order valence-corrected chi connectivity index (χ4v) is 2.17. The summed E-state index contributed by atoms with van der Waals surface area (Å²) in [7, 11) is 0. The van der Waals surface area contributed by atoms with Crippen LogP contribution < -0.4 is 0 Å². The van der Waals surface area contributed by atoms with Gasteiger partial charge in [0.15, 0.2) is 5.78 Å². The molecular weight excluding hydrogens is 246 g/mol. The first-order valence-electron chi connectivity index (χ1n) is 5.21. The van der Waals surface area contributed by atoms with Gasteiger partial charge in [-0.1, -0.05) is 6.92 Å². The van der Waals surface area contributed by atoms with Crippen molar-refractivity contribution in [1.82, 2.24) is 0 Å². The van der Waals surface area contributed by atoms with Crippen LogP contribution in [0.15, 0.2) is 18.2 Å². The van der Waals surface area contributed by atoms with Gasteiger partial charge in [-0.25, -0.2) is 8.78 Å². The first-order valence-corrected chi connectivity index (χ1v) is 6.37. The Balaban J connectivity index is 2.52. The molecule has 0 saturated carbocycles. The summed E-state index contributed by atoms with van der Waals surface area (Å²) in [6.45, 7) is 1.92. The van der Waals surface area contributed by atoms with Crippen molar-refractivity contribution in [2.75, 3.05) is 18.1 Å². The first kappa shape index (κ1) is 14.1. The van der Waals surface area contributed by atoms with Crippen molar-refractivity contribution in [2.24, 2.45) is 5.92 Å². The molecule has 0 bridgehead atoms. The Morgan fingerprint density at radius 3 is 2.76 bits per heavy atom. The summed E-state index contributed by atoms with van der Waals surface area (Å²) in [6, 6.07) is 2.93. The first-order chi connectivity index (χ1) is 8.04. The predicted octanol–water partition coefficient (Wildman–Crippen LogP) is 2.51. The molecule has 0 heterocycles. The third kappa shape index (κ3) is 4.44. The van der Waals surface area contributed by atoms with Gasteiger partial charge in [-0.05, 0) is 23.8 Å². The zero-order valence-corrected chi connectivity index (χ0v) is 10.3. The quantitative estimate of drug-likeness (QED) is 0.799. The topological polar surface area (TPSA) is 37.3 Å². The van der Waals surface area contributed by atoms with Gasteiger partial charge in [0.2, 0.25) is 0 Å². The zero-order chi connectivity index (χ0) is 12.8. The van der Waals surface area contributed by atoms with Crippen LogP contribution in [0.3, 0.4) is 0 Å². The lowest BCUT2D eigenvalue weighted by atomic mass is 10.1. The number of ketones is 1. The number of thioether (sulfide) groups is 1. The number of rotatable bonds is 6. The van der Waals surface area contributed by atoms with E-state index >= 15 is 0 Å². The summed E-state index contributed by atoms with van der Waals surface area (Å²) in [5, 5.41) is 8.79. The number of aliphatic hydroxyl groups excluding tert-OH is 1. The third-order valence-corrected chi connectivity index (χ3v) is 3.45. The van der Waals surface area contributed by atoms with E-state index in [9.17, 15) is 13.6 Å². The molecule has 5 heteroatoms. The zero-order valence-electron chi connectivity index (χ0n) is 9.45. The number of carbonyl (C=O) groups excluding carboxylic acids is 1. The molecule has 1 aromatic rings. The van der Waals surface area contributed by atoms with Gasteiger partial charge in [0.05, 0.1) is 11.3 Å². The Kier molecular flexibility index (Phi) is 5.58. The lowest BCUT2D eigenvalue weighted by molar-refractivity contribution is 0.101. The van der Waals surface area contributed by atoms with Crippen LogP contribution >= 0.6 is 11.8 Å². The molecular formula is C12H14F2O2S. The fraction of sp³-hybridized carbons (Fsp3) is 0.417. The summed E-state index contributed by atoms with van der Waals surface area (Å²) >= 11 is 1.33. The van der Waals surface area contributed by atoms with E-state index in [1.54, 1.807) is 0 Å². The van der Waals surface area contributed by atoms with Gasteiger partial charge in [-0.15, -0.1) is 0 Å². The summed E-state index contributed by atoms with van der Waals surface area (Å²) in [5.74, 6) is -1.02. The maximum absolute atomic E-state index is 13.2. The van der Waals surface area contributed by atoms with Gasteiger partial charge >= 0.3 is 0 Å². The molecule has 0 aromatic heterocycles. The van der Waals surface area contributed by atoms with Crippen molar-refractivity contribution in [2.45, 2.75) is 6.92 Å². The summed E-state index contributed by atoms with van der Waals surface area (Å²) in [4.78, 5) is 11.6. The van der Waals surface area contributed by atoms with Gasteiger partial charge in [-0.3, -0.25) is 4.79 Å². The Morgan fingerprint density at radius 1 is 1.47 bits per heavy atom. The normalized spacial score (nSPS) is 12.5. The molecule has 0 spiro atoms. The molecule has 1 aromatic carbocycles. The Bertz CT molecular complexity index is 396. The van der Waals surface area contributed by atoms with Crippen molar-refractivity contribution in [3.63, 3.8) is 0 Å². The van der Waals surface area contributed by atoms with E-state index in [2.05, 4.69) is 0 Å². The van der Waals surface area contributed by atoms with Crippen molar-refractivity contribution >= 4 is 17.5 Å². The molecule has 0 aliphatic heterocycles. The maximum Gasteiger partial charge on any atom is 0.175 e. The van der Waals surface area contributed by atoms with Gasteiger partial charge in [0.25, 0.3) is 0 Å². The molecule has 0 radical (unpaired) electrons. The molecule has 0 fully saturated rings. The molecule has 1 N–H and O–H groups in total. The summed E-state index contributed by atoms with van der Waals surface area (Å²) in [6.07, 6.45) is 0. The van der Waals surface area contributed by atoms with Crippen LogP contribution in [0.4, 0.5) is 8.78 Å². The van der Waals surface area contributed by atoms with E-state index in [-0.39, 0.29) is 29.6 Å². The largest absolute Gasteiger partial charge is 0.396 e. The van der Waals surface area contributed by atoms with Crippen LogP contribution in [0.1, 0.15) is 17.3 Å². The predicted molar refractivity (Wildman–Crippen MR) is 64.3 cm³/mol. The monoisotopic (exact) mass is 260 g/mol. The van der Waals surface area contributed by atoms with E-state index in [4.69, 9.17) is 5.11 Å². The fourth-order valence-electron chi connectivity index (χ4n) is 1.20. The molecule has 1 atom stereocenters. The van der Waals surface area contributed by atoms with E-state index < -0.39 is 11.6 Å². The van der Waals surface area contributed by atoms with Gasteiger partial charge in [0.1, 0.15) is 11.6 Å². The van der Waals surface area contributed by atoms with Crippen LogP contribution in [0, 0.1) is 17.6 Å². The highest BCUT2D eigenvalue weighted by atomic mass is 32.2. The lowest BCUT2D eigenvalue weighted by Crippen LogP contribution is -2.09. The minimum Gasteiger partial charge on any atom is -0.396 e. The van der Waals surface area contributed by atoms with Crippen molar-refractivity contribution in [3.05, 3.63) is 35.4 Å². The summed E-state index contributed by atoms with van der Waals surface area (Å²) < 4.78 is 25.9. The molecule has 0 saturated heterocycles. The SMILES string of the molecule is CC(CO)CSCC(=O)c1ccc(F)cc1F. The van der Waals surface area contributed by atoms with E-state index in [0.29, 0.717) is 11.8 Å². The second-order valence-electron chi connectivity index (χ2n) is 3.85. The highest BCUT2D eigenvalue weighted by molar-refractivity contribution is 7.99. The molecule has 94 valence electrons. The number of halogens is 2. The van der Waals surface area contributed by atoms with Crippen molar-refractivity contribution in [1.29, 1.82) is 0 Å². The van der Waals surface area contributed by atoms with E-state index in [1.807, 2.05) is 6.92 Å². The standard InChI is InChI=1S/C12H14F2O2S/c1-8(5-15)6-17-7-12(16)10-3-2-9(13)4-11(10)14/h2-4,8,15H,5-7H2,1H3. The minimum atomic E-state index is -0.828. The van der Waals surface area contributed by atoms with Gasteiger partial charge in [-0.2, -0.15) is 11.8 Å². The number of Topliss-reactive ketones (excluding diaryl/α,β-unsaturated/α-hetero) is 1. The molecule has 17 heavy (non-hydrogen) atoms. The Morgan fingerprint density at radius 2 is 2.18 bits per heavy atom. The number of hydrogen-bond donors (Lipinski definition) is 1. The van der Waals surface area contributed by atoms with Crippen molar-refractivity contribution in [3.8, 4) is 0 Å². The lowest BCUT2D eigenvalue weighted by Gasteiger charge is -2.07. The van der Waals surface area contributed by atoms with Crippen LogP contribution in [-0.2, 0) is 0 Å². The third-order valence-electron chi connectivity index (χ3n) is 2.18. The molecule has 1 unspecified atom stereocenters. The second kappa shape index (κ2) is 6.71. The van der Waals surface area contributed by atoms with Crippen LogP contribution in [0.25, 0.3) is 0 Å². The van der Waals surface area contributed by atoms with Crippen LogP contribution in [0.5, 0.6) is 0 Å². The highest BCUT2D eigenvalue weighted by Crippen LogP contribution is 2.14.